The van der Waals surface area contributed by atoms with Gasteiger partial charge in [0.1, 0.15) is 34.3 Å². The van der Waals surface area contributed by atoms with E-state index in [0.717, 1.165) is 6.07 Å². The number of phenols is 6. The number of benzene rings is 4. The summed E-state index contributed by atoms with van der Waals surface area (Å²) in [7, 11) is 0. The van der Waals surface area contributed by atoms with E-state index < -0.39 is 35.2 Å². The summed E-state index contributed by atoms with van der Waals surface area (Å²) < 4.78 is 6.04. The van der Waals surface area contributed by atoms with Crippen LogP contribution >= 0.6 is 0 Å². The van der Waals surface area contributed by atoms with Crippen LogP contribution in [0.3, 0.4) is 0 Å². The van der Waals surface area contributed by atoms with Crippen LogP contribution < -0.4 is 4.74 Å². The molecule has 7 N–H and O–H groups in total. The smallest absolute Gasteiger partial charge is 0.202 e. The highest BCUT2D eigenvalue weighted by atomic mass is 16.5. The Balaban J connectivity index is 1.67. The van der Waals surface area contributed by atoms with Gasteiger partial charge in [-0.3, -0.25) is 4.79 Å². The average molecular weight is 517 g/mol. The van der Waals surface area contributed by atoms with Gasteiger partial charge in [0, 0.05) is 24.0 Å². The van der Waals surface area contributed by atoms with Crippen molar-refractivity contribution in [2.45, 2.75) is 25.0 Å². The van der Waals surface area contributed by atoms with Gasteiger partial charge in [0.05, 0.1) is 0 Å². The summed E-state index contributed by atoms with van der Waals surface area (Å²) in [6.07, 6.45) is -3.01. The van der Waals surface area contributed by atoms with Crippen LogP contribution in [-0.4, -0.2) is 47.6 Å². The number of aliphatic hydroxyl groups is 1. The Morgan fingerprint density at radius 3 is 1.76 bits per heavy atom. The molecule has 0 radical (unpaired) electrons. The average Bonchev–Trinajstić information content (AvgIpc) is 2.90. The molecule has 0 aliphatic carbocycles. The molecule has 0 amide bonds. The van der Waals surface area contributed by atoms with Crippen molar-refractivity contribution in [1.82, 2.24) is 0 Å². The highest BCUT2D eigenvalue weighted by Gasteiger charge is 2.42. The second kappa shape index (κ2) is 9.53. The predicted octanol–water partition coefficient (Wildman–Crippen LogP) is 3.78. The van der Waals surface area contributed by atoms with E-state index in [1.807, 2.05) is 0 Å². The molecule has 0 saturated heterocycles. The van der Waals surface area contributed by atoms with Crippen molar-refractivity contribution in [2.24, 2.45) is 0 Å². The van der Waals surface area contributed by atoms with Crippen LogP contribution in [0.15, 0.2) is 66.7 Å². The van der Waals surface area contributed by atoms with E-state index in [2.05, 4.69) is 0 Å². The van der Waals surface area contributed by atoms with Crippen molar-refractivity contribution >= 4 is 5.78 Å². The van der Waals surface area contributed by atoms with Gasteiger partial charge in [0.25, 0.3) is 0 Å². The zero-order valence-electron chi connectivity index (χ0n) is 19.9. The fraction of sp³-hybridized carbons (Fsp3) is 0.138. The highest BCUT2D eigenvalue weighted by molar-refractivity contribution is 6.06. The van der Waals surface area contributed by atoms with E-state index in [1.165, 1.54) is 36.4 Å². The molecule has 0 bridgehead atoms. The first-order valence-corrected chi connectivity index (χ1v) is 11.7. The first-order chi connectivity index (χ1) is 18.1. The maximum atomic E-state index is 13.4. The summed E-state index contributed by atoms with van der Waals surface area (Å²) in [5.74, 6) is -2.63. The lowest BCUT2D eigenvalue weighted by molar-refractivity contribution is 0.0205. The van der Waals surface area contributed by atoms with Crippen molar-refractivity contribution in [3.8, 4) is 40.2 Å². The fourth-order valence-corrected chi connectivity index (χ4v) is 4.58. The minimum atomic E-state index is -1.76. The zero-order valence-corrected chi connectivity index (χ0v) is 19.9. The third-order valence-corrected chi connectivity index (χ3v) is 6.60. The lowest BCUT2D eigenvalue weighted by atomic mass is 9.86. The standard InChI is InChI=1S/C29H24O9/c30-17-6-1-14(2-7-17)11-19-24(34)20(12-15-3-8-18(31)9-4-15)29-23(25(19)35)26(36)27(37)28(38-29)16-5-10-21(32)22(33)13-16/h1-10,13,27-28,30-35,37H,11-12H2. The molecule has 0 saturated carbocycles. The lowest BCUT2D eigenvalue weighted by Crippen LogP contribution is -2.37. The minimum absolute atomic E-state index is 0.00639. The molecule has 194 valence electrons. The monoisotopic (exact) mass is 516 g/mol. The number of Topliss-reactive ketones (excluding diaryl/α,β-unsaturated/α-hetero) is 1. The number of rotatable bonds is 5. The molecule has 4 aromatic carbocycles. The summed E-state index contributed by atoms with van der Waals surface area (Å²) in [4.78, 5) is 13.4. The molecule has 9 nitrogen and oxygen atoms in total. The molecule has 0 aromatic heterocycles. The molecule has 1 aliphatic rings. The normalized spacial score (nSPS) is 16.6. The molecule has 2 unspecified atom stereocenters. The molecule has 1 aliphatic heterocycles. The number of carbonyl (C=O) groups is 1. The van der Waals surface area contributed by atoms with Crippen LogP contribution in [0.5, 0.6) is 40.2 Å². The predicted molar refractivity (Wildman–Crippen MR) is 135 cm³/mol. The van der Waals surface area contributed by atoms with Crippen LogP contribution in [0.1, 0.15) is 44.3 Å². The van der Waals surface area contributed by atoms with E-state index in [9.17, 15) is 40.5 Å². The number of phenolic OH excluding ortho intramolecular Hbond substituents is 6. The number of ketones is 1. The van der Waals surface area contributed by atoms with Crippen LogP contribution in [0.2, 0.25) is 0 Å². The van der Waals surface area contributed by atoms with Crippen molar-refractivity contribution in [1.29, 1.82) is 0 Å². The maximum Gasteiger partial charge on any atom is 0.202 e. The zero-order chi connectivity index (χ0) is 27.1. The molecule has 0 fully saturated rings. The third-order valence-electron chi connectivity index (χ3n) is 6.60. The molecular weight excluding hydrogens is 492 g/mol. The van der Waals surface area contributed by atoms with Crippen LogP contribution in [0.4, 0.5) is 0 Å². The van der Waals surface area contributed by atoms with E-state index in [-0.39, 0.29) is 58.1 Å². The Hall–Kier alpha value is -4.89. The number of hydrogen-bond donors (Lipinski definition) is 7. The summed E-state index contributed by atoms with van der Waals surface area (Å²) in [6.45, 7) is 0. The van der Waals surface area contributed by atoms with Crippen LogP contribution in [0, 0.1) is 0 Å². The van der Waals surface area contributed by atoms with Gasteiger partial charge in [0.15, 0.2) is 23.7 Å². The Labute approximate surface area is 216 Å². The van der Waals surface area contributed by atoms with Gasteiger partial charge >= 0.3 is 0 Å². The number of fused-ring (bicyclic) bond motifs is 1. The largest absolute Gasteiger partial charge is 0.508 e. The molecular formula is C29H24O9. The van der Waals surface area contributed by atoms with E-state index in [1.54, 1.807) is 24.3 Å². The molecule has 4 aromatic rings. The summed E-state index contributed by atoms with van der Waals surface area (Å²) in [6, 6.07) is 16.0. The van der Waals surface area contributed by atoms with Crippen LogP contribution in [0.25, 0.3) is 0 Å². The maximum absolute atomic E-state index is 13.4. The Kier molecular flexibility index (Phi) is 6.22. The first-order valence-electron chi connectivity index (χ1n) is 11.7. The van der Waals surface area contributed by atoms with E-state index in [4.69, 9.17) is 4.74 Å². The Bertz CT molecular complexity index is 1530. The number of ether oxygens (including phenoxy) is 1. The first kappa shape index (κ1) is 24.8. The summed E-state index contributed by atoms with van der Waals surface area (Å²) in [5.41, 5.74) is 1.39. The van der Waals surface area contributed by atoms with Gasteiger partial charge in [-0.15, -0.1) is 0 Å². The van der Waals surface area contributed by atoms with Gasteiger partial charge in [0.2, 0.25) is 5.78 Å². The molecule has 1 heterocycles. The van der Waals surface area contributed by atoms with E-state index in [0.29, 0.717) is 11.1 Å². The third kappa shape index (κ3) is 4.39. The number of aromatic hydroxyl groups is 6. The fourth-order valence-electron chi connectivity index (χ4n) is 4.58. The summed E-state index contributed by atoms with van der Waals surface area (Å²) >= 11 is 0. The lowest BCUT2D eigenvalue weighted by Gasteiger charge is -2.33. The Morgan fingerprint density at radius 1 is 0.658 bits per heavy atom. The highest BCUT2D eigenvalue weighted by Crippen LogP contribution is 2.49. The molecule has 5 rings (SSSR count). The minimum Gasteiger partial charge on any atom is -0.508 e. The van der Waals surface area contributed by atoms with Gasteiger partial charge in [-0.25, -0.2) is 0 Å². The van der Waals surface area contributed by atoms with Gasteiger partial charge in [-0.05, 0) is 53.1 Å². The molecule has 9 heteroatoms. The van der Waals surface area contributed by atoms with Gasteiger partial charge < -0.3 is 40.5 Å². The van der Waals surface area contributed by atoms with Crippen LogP contribution in [-0.2, 0) is 12.8 Å². The SMILES string of the molecule is O=C1c2c(O)c(Cc3ccc(O)cc3)c(O)c(Cc3ccc(O)cc3)c2OC(c2ccc(O)c(O)c2)C1O. The topological polar surface area (TPSA) is 168 Å². The van der Waals surface area contributed by atoms with Crippen molar-refractivity contribution in [3.05, 3.63) is 100 Å². The number of carbonyl (C=O) groups excluding carboxylic acids is 1. The Morgan fingerprint density at radius 2 is 1.21 bits per heavy atom. The molecule has 38 heavy (non-hydrogen) atoms. The molecule has 2 atom stereocenters. The van der Waals surface area contributed by atoms with Crippen molar-refractivity contribution in [3.63, 3.8) is 0 Å². The van der Waals surface area contributed by atoms with E-state index >= 15 is 0 Å². The second-order valence-electron chi connectivity index (χ2n) is 9.14. The van der Waals surface area contributed by atoms with Gasteiger partial charge in [-0.2, -0.15) is 0 Å². The van der Waals surface area contributed by atoms with Crippen molar-refractivity contribution in [2.75, 3.05) is 0 Å². The quantitative estimate of drug-likeness (QED) is 0.195. The number of hydrogen-bond acceptors (Lipinski definition) is 9. The second-order valence-corrected chi connectivity index (χ2v) is 9.14. The van der Waals surface area contributed by atoms with Crippen molar-refractivity contribution < 1.29 is 45.3 Å². The molecule has 0 spiro atoms. The number of aliphatic hydroxyl groups excluding tert-OH is 1. The van der Waals surface area contributed by atoms with Gasteiger partial charge in [-0.1, -0.05) is 30.3 Å². The summed E-state index contributed by atoms with van der Waals surface area (Å²) in [5, 5.41) is 72.3.